The Morgan fingerprint density at radius 3 is 1.83 bits per heavy atom. The number of carbonyl (C=O) groups excluding carboxylic acids is 5. The van der Waals surface area contributed by atoms with Crippen molar-refractivity contribution < 1.29 is 58.2 Å². The molecule has 1 saturated carbocycles. The van der Waals surface area contributed by atoms with Crippen molar-refractivity contribution >= 4 is 29.7 Å². The van der Waals surface area contributed by atoms with E-state index in [1.165, 1.54) is 32.1 Å². The quantitative estimate of drug-likeness (QED) is 0.166. The molecule has 2 rings (SSSR count). The number of ether oxygens (including phenoxy) is 4. The smallest absolute Gasteiger partial charge is 0.334 e. The van der Waals surface area contributed by atoms with Crippen molar-refractivity contribution in [2.45, 2.75) is 117 Å². The molecule has 1 fully saturated rings. The van der Waals surface area contributed by atoms with Crippen LogP contribution in [0.1, 0.15) is 75.7 Å². The number of aliphatic hydroxyl groups excluding tert-OH is 1. The van der Waals surface area contributed by atoms with Crippen molar-refractivity contribution in [1.29, 1.82) is 0 Å². The van der Waals surface area contributed by atoms with Crippen LogP contribution in [0, 0.1) is 17.3 Å². The van der Waals surface area contributed by atoms with Crippen molar-refractivity contribution in [2.24, 2.45) is 17.3 Å². The molecule has 0 aliphatic heterocycles. The van der Waals surface area contributed by atoms with Crippen LogP contribution in [0.2, 0.25) is 0 Å². The Labute approximate surface area is 270 Å². The van der Waals surface area contributed by atoms with Crippen molar-refractivity contribution in [2.75, 3.05) is 0 Å². The number of aliphatic hydroxyl groups is 3. The number of Topliss-reactive ketones (excluding diaryl/α,β-unsaturated/α-hetero) is 1. The normalized spacial score (nSPS) is 35.3. The summed E-state index contributed by atoms with van der Waals surface area (Å²) < 4.78 is 22.9. The Balaban J connectivity index is 3.01. The highest BCUT2D eigenvalue weighted by Crippen LogP contribution is 2.49. The zero-order chi connectivity index (χ0) is 35.5. The summed E-state index contributed by atoms with van der Waals surface area (Å²) in [6.45, 7) is 18.2. The van der Waals surface area contributed by atoms with E-state index in [2.05, 4.69) is 6.58 Å². The minimum absolute atomic E-state index is 0.143. The van der Waals surface area contributed by atoms with Crippen molar-refractivity contribution in [3.05, 3.63) is 47.6 Å². The molecule has 0 saturated heterocycles. The van der Waals surface area contributed by atoms with Crippen molar-refractivity contribution in [3.63, 3.8) is 0 Å². The number of allylic oxidation sites excluding steroid dienone is 2. The lowest BCUT2D eigenvalue weighted by molar-refractivity contribution is -0.190. The number of hydrogen-bond acceptors (Lipinski definition) is 12. The molecule has 0 spiro atoms. The number of ketones is 1. The Morgan fingerprint density at radius 2 is 1.35 bits per heavy atom. The SMILES string of the molecule is C=C1C(O)C2C(OC(=O)C(C)=CC)C(C)CC2(O)C(=O)C(C)(O)C=CC(C)(C)C(OC(C)=O)C(OC(C)=O)C1OC(=O)C(C)=CC. The van der Waals surface area contributed by atoms with Gasteiger partial charge in [-0.25, -0.2) is 9.59 Å². The van der Waals surface area contributed by atoms with Gasteiger partial charge in [0.15, 0.2) is 24.1 Å². The number of esters is 4. The average molecular weight is 649 g/mol. The largest absolute Gasteiger partial charge is 0.458 e. The molecule has 2 aliphatic rings. The summed E-state index contributed by atoms with van der Waals surface area (Å²) in [4.78, 5) is 65.1. The van der Waals surface area contributed by atoms with Gasteiger partial charge in [-0.1, -0.05) is 45.6 Å². The summed E-state index contributed by atoms with van der Waals surface area (Å²) in [7, 11) is 0. The molecule has 256 valence electrons. The monoisotopic (exact) mass is 648 g/mol. The van der Waals surface area contributed by atoms with E-state index < -0.39 is 88.6 Å². The van der Waals surface area contributed by atoms with Gasteiger partial charge in [0.05, 0.1) is 12.0 Å². The van der Waals surface area contributed by atoms with Crippen LogP contribution in [0.5, 0.6) is 0 Å². The minimum Gasteiger partial charge on any atom is -0.458 e. The Bertz CT molecular complexity index is 1340. The van der Waals surface area contributed by atoms with E-state index in [0.29, 0.717) is 0 Å². The fourth-order valence-electron chi connectivity index (χ4n) is 5.94. The lowest BCUT2D eigenvalue weighted by Gasteiger charge is -2.44. The first-order valence-electron chi connectivity index (χ1n) is 15.1. The van der Waals surface area contributed by atoms with Crippen molar-refractivity contribution in [1.82, 2.24) is 0 Å². The van der Waals surface area contributed by atoms with Gasteiger partial charge in [-0.05, 0) is 58.6 Å². The molecular formula is C34H48O12. The molecule has 12 heteroatoms. The maximum Gasteiger partial charge on any atom is 0.334 e. The van der Waals surface area contributed by atoms with Gasteiger partial charge in [0.1, 0.15) is 17.3 Å². The maximum atomic E-state index is 14.1. The Hall–Kier alpha value is -3.61. The molecule has 0 heterocycles. The highest BCUT2D eigenvalue weighted by Gasteiger charge is 2.64. The summed E-state index contributed by atoms with van der Waals surface area (Å²) in [5, 5.41) is 35.6. The minimum atomic E-state index is -2.49. The predicted molar refractivity (Wildman–Crippen MR) is 166 cm³/mol. The molecule has 0 aromatic carbocycles. The molecule has 2 aliphatic carbocycles. The second-order valence-electron chi connectivity index (χ2n) is 13.0. The summed E-state index contributed by atoms with van der Waals surface area (Å²) in [5.74, 6) is -6.78. The topological polar surface area (TPSA) is 183 Å². The van der Waals surface area contributed by atoms with Gasteiger partial charge in [-0.2, -0.15) is 0 Å². The summed E-state index contributed by atoms with van der Waals surface area (Å²) in [5.41, 5.74) is -6.17. The average Bonchev–Trinajstić information content (AvgIpc) is 3.22. The maximum absolute atomic E-state index is 14.1. The fourth-order valence-corrected chi connectivity index (χ4v) is 5.94. The molecule has 46 heavy (non-hydrogen) atoms. The zero-order valence-electron chi connectivity index (χ0n) is 28.3. The first kappa shape index (κ1) is 38.6. The lowest BCUT2D eigenvalue weighted by atomic mass is 9.71. The van der Waals surface area contributed by atoms with Gasteiger partial charge in [-0.3, -0.25) is 14.4 Å². The molecular weight excluding hydrogens is 600 g/mol. The molecule has 0 amide bonds. The van der Waals surface area contributed by atoms with E-state index in [0.717, 1.165) is 26.8 Å². The third-order valence-electron chi connectivity index (χ3n) is 8.79. The highest BCUT2D eigenvalue weighted by molar-refractivity contribution is 5.97. The van der Waals surface area contributed by atoms with E-state index in [-0.39, 0.29) is 23.1 Å². The Kier molecular flexibility index (Phi) is 12.1. The first-order valence-corrected chi connectivity index (χ1v) is 15.1. The van der Waals surface area contributed by atoms with Crippen LogP contribution in [0.15, 0.2) is 47.6 Å². The Morgan fingerprint density at radius 1 is 0.848 bits per heavy atom. The van der Waals surface area contributed by atoms with Crippen LogP contribution in [0.25, 0.3) is 0 Å². The van der Waals surface area contributed by atoms with Gasteiger partial charge >= 0.3 is 23.9 Å². The number of hydrogen-bond donors (Lipinski definition) is 3. The van der Waals surface area contributed by atoms with E-state index in [9.17, 15) is 39.3 Å². The predicted octanol–water partition coefficient (Wildman–Crippen LogP) is 2.83. The van der Waals surface area contributed by atoms with E-state index >= 15 is 0 Å². The first-order chi connectivity index (χ1) is 21.0. The van der Waals surface area contributed by atoms with E-state index in [1.807, 2.05) is 0 Å². The molecule has 12 nitrogen and oxygen atoms in total. The lowest BCUT2D eigenvalue weighted by Crippen LogP contribution is -2.60. The van der Waals surface area contributed by atoms with Crippen LogP contribution in [-0.2, 0) is 42.9 Å². The van der Waals surface area contributed by atoms with Gasteiger partial charge in [0.2, 0.25) is 0 Å². The van der Waals surface area contributed by atoms with Gasteiger partial charge < -0.3 is 34.3 Å². The van der Waals surface area contributed by atoms with Crippen LogP contribution >= 0.6 is 0 Å². The molecule has 0 bridgehead atoms. The molecule has 0 aromatic rings. The second kappa shape index (κ2) is 14.4. The fraction of sp³-hybridized carbons (Fsp3) is 0.618. The third-order valence-corrected chi connectivity index (χ3v) is 8.79. The van der Waals surface area contributed by atoms with Gasteiger partial charge in [-0.15, -0.1) is 0 Å². The number of rotatable bonds is 6. The van der Waals surface area contributed by atoms with Crippen molar-refractivity contribution in [3.8, 4) is 0 Å². The van der Waals surface area contributed by atoms with E-state index in [4.69, 9.17) is 18.9 Å². The van der Waals surface area contributed by atoms with Crippen LogP contribution in [-0.4, -0.2) is 86.7 Å². The summed E-state index contributed by atoms with van der Waals surface area (Å²) in [6, 6.07) is 0. The highest BCUT2D eigenvalue weighted by atomic mass is 16.6. The molecule has 0 radical (unpaired) electrons. The van der Waals surface area contributed by atoms with Gasteiger partial charge in [0, 0.05) is 30.4 Å². The molecule has 0 aromatic heterocycles. The zero-order valence-corrected chi connectivity index (χ0v) is 28.3. The number of carbonyl (C=O) groups is 5. The molecule has 3 N–H and O–H groups in total. The summed E-state index contributed by atoms with van der Waals surface area (Å²) >= 11 is 0. The van der Waals surface area contributed by atoms with E-state index in [1.54, 1.807) is 34.6 Å². The third kappa shape index (κ3) is 8.02. The van der Waals surface area contributed by atoms with Crippen LogP contribution < -0.4 is 0 Å². The summed E-state index contributed by atoms with van der Waals surface area (Å²) in [6.07, 6.45) is -2.95. The number of fused-ring (bicyclic) bond motifs is 1. The van der Waals surface area contributed by atoms with Crippen LogP contribution in [0.3, 0.4) is 0 Å². The van der Waals surface area contributed by atoms with Crippen LogP contribution in [0.4, 0.5) is 0 Å². The van der Waals surface area contributed by atoms with Gasteiger partial charge in [0.25, 0.3) is 0 Å². The molecule has 9 unspecified atom stereocenters. The molecule has 9 atom stereocenters. The standard InChI is InChI=1S/C34H48O12/c1-12-17(3)29(38)45-25-19(5)16-34(42)23(25)24(37)20(6)26(46-30(39)18(4)13-2)27(43-21(7)35)28(44-22(8)36)32(9,10)14-15-33(11,41)31(34)40/h12-15,19,23-28,37,41-42H,6,16H2,1-5,7-11H3. The second-order valence-corrected chi connectivity index (χ2v) is 13.0.